The summed E-state index contributed by atoms with van der Waals surface area (Å²) in [6.07, 6.45) is 0. The Labute approximate surface area is 128 Å². The van der Waals surface area contributed by atoms with Crippen molar-refractivity contribution in [3.63, 3.8) is 0 Å². The fourth-order valence-corrected chi connectivity index (χ4v) is 4.27. The van der Waals surface area contributed by atoms with Crippen molar-refractivity contribution < 1.29 is 4.79 Å². The Balaban J connectivity index is 1.63. The van der Waals surface area contributed by atoms with Crippen LogP contribution in [0.5, 0.6) is 0 Å². The second kappa shape index (κ2) is 5.28. The third kappa shape index (κ3) is 2.28. The Morgan fingerprint density at radius 2 is 1.86 bits per heavy atom. The first-order valence-corrected chi connectivity index (χ1v) is 8.34. The number of carbonyl (C=O) groups is 1. The van der Waals surface area contributed by atoms with Gasteiger partial charge in [-0.05, 0) is 29.3 Å². The van der Waals surface area contributed by atoms with Crippen LogP contribution in [0.2, 0.25) is 0 Å². The Morgan fingerprint density at radius 1 is 1.10 bits per heavy atom. The lowest BCUT2D eigenvalue weighted by molar-refractivity contribution is 0.0782. The smallest absolute Gasteiger partial charge is 0.254 e. The number of nitrogens with zero attached hydrogens (tertiary/aromatic N) is 1. The molecule has 2 aliphatic rings. The molecule has 4 heteroatoms. The topological polar surface area (TPSA) is 32.3 Å². The number of rotatable bonds is 2. The van der Waals surface area contributed by atoms with Crippen molar-refractivity contribution in [2.24, 2.45) is 11.8 Å². The van der Waals surface area contributed by atoms with E-state index in [-0.39, 0.29) is 5.91 Å². The van der Waals surface area contributed by atoms with Crippen LogP contribution >= 0.6 is 11.3 Å². The molecule has 2 fully saturated rings. The number of thiophene rings is 1. The zero-order chi connectivity index (χ0) is 14.2. The molecule has 0 saturated carbocycles. The highest BCUT2D eigenvalue weighted by molar-refractivity contribution is 7.13. The highest BCUT2D eigenvalue weighted by Crippen LogP contribution is 2.32. The molecule has 2 saturated heterocycles. The number of nitrogens with one attached hydrogen (secondary N) is 1. The van der Waals surface area contributed by atoms with E-state index in [0.29, 0.717) is 11.8 Å². The molecular formula is C17H18N2OS. The number of fused-ring (bicyclic) bond motifs is 1. The first kappa shape index (κ1) is 13.0. The van der Waals surface area contributed by atoms with Crippen molar-refractivity contribution in [3.8, 4) is 10.4 Å². The summed E-state index contributed by atoms with van der Waals surface area (Å²) in [5.74, 6) is 1.47. The molecule has 0 radical (unpaired) electrons. The molecule has 0 bridgehead atoms. The van der Waals surface area contributed by atoms with Gasteiger partial charge in [0.15, 0.2) is 0 Å². The van der Waals surface area contributed by atoms with Crippen LogP contribution in [0.3, 0.4) is 0 Å². The number of hydrogen-bond acceptors (Lipinski definition) is 3. The highest BCUT2D eigenvalue weighted by atomic mass is 32.1. The predicted octanol–water partition coefficient (Wildman–Crippen LogP) is 2.71. The van der Waals surface area contributed by atoms with Crippen LogP contribution in [-0.4, -0.2) is 37.0 Å². The molecule has 21 heavy (non-hydrogen) atoms. The Hall–Kier alpha value is -1.65. The lowest BCUT2D eigenvalue weighted by Gasteiger charge is -2.19. The molecule has 3 heterocycles. The molecule has 2 unspecified atom stereocenters. The summed E-state index contributed by atoms with van der Waals surface area (Å²) in [4.78, 5) is 16.1. The van der Waals surface area contributed by atoms with Crippen molar-refractivity contribution in [3.05, 3.63) is 47.3 Å². The van der Waals surface area contributed by atoms with E-state index >= 15 is 0 Å². The van der Waals surface area contributed by atoms with Gasteiger partial charge in [-0.25, -0.2) is 0 Å². The summed E-state index contributed by atoms with van der Waals surface area (Å²) in [5, 5.41) is 5.48. The lowest BCUT2D eigenvalue weighted by Crippen LogP contribution is -2.32. The van der Waals surface area contributed by atoms with Gasteiger partial charge >= 0.3 is 0 Å². The van der Waals surface area contributed by atoms with Gasteiger partial charge in [0, 0.05) is 42.2 Å². The summed E-state index contributed by atoms with van der Waals surface area (Å²) in [6.45, 7) is 3.91. The van der Waals surface area contributed by atoms with Crippen LogP contribution in [0.1, 0.15) is 10.4 Å². The van der Waals surface area contributed by atoms with E-state index in [9.17, 15) is 4.79 Å². The molecule has 1 N–H and O–H groups in total. The van der Waals surface area contributed by atoms with E-state index < -0.39 is 0 Å². The minimum atomic E-state index is 0.188. The van der Waals surface area contributed by atoms with Gasteiger partial charge in [0.1, 0.15) is 0 Å². The largest absolute Gasteiger partial charge is 0.338 e. The molecule has 2 aliphatic heterocycles. The molecule has 1 amide bonds. The lowest BCUT2D eigenvalue weighted by atomic mass is 10.0. The van der Waals surface area contributed by atoms with Gasteiger partial charge in [-0.1, -0.05) is 24.3 Å². The summed E-state index contributed by atoms with van der Waals surface area (Å²) < 4.78 is 0. The van der Waals surface area contributed by atoms with Crippen LogP contribution in [0.4, 0.5) is 0 Å². The predicted molar refractivity (Wildman–Crippen MR) is 85.5 cm³/mol. The number of hydrogen-bond donors (Lipinski definition) is 1. The molecular weight excluding hydrogens is 280 g/mol. The Morgan fingerprint density at radius 3 is 2.57 bits per heavy atom. The number of carbonyl (C=O) groups excluding carboxylic acids is 1. The minimum Gasteiger partial charge on any atom is -0.338 e. The molecule has 2 atom stereocenters. The van der Waals surface area contributed by atoms with Crippen molar-refractivity contribution in [1.82, 2.24) is 10.2 Å². The van der Waals surface area contributed by atoms with E-state index in [0.717, 1.165) is 37.3 Å². The van der Waals surface area contributed by atoms with Crippen LogP contribution in [0.15, 0.2) is 41.8 Å². The number of benzene rings is 1. The zero-order valence-electron chi connectivity index (χ0n) is 11.8. The summed E-state index contributed by atoms with van der Waals surface area (Å²) in [7, 11) is 0. The van der Waals surface area contributed by atoms with Gasteiger partial charge in [0.25, 0.3) is 5.91 Å². The maximum Gasteiger partial charge on any atom is 0.254 e. The summed E-state index contributed by atoms with van der Waals surface area (Å²) >= 11 is 1.69. The molecule has 4 rings (SSSR count). The van der Waals surface area contributed by atoms with Gasteiger partial charge in [-0.2, -0.15) is 0 Å². The fourth-order valence-electron chi connectivity index (χ4n) is 3.51. The summed E-state index contributed by atoms with van der Waals surface area (Å²) in [5.41, 5.74) is 1.90. The Kier molecular flexibility index (Phi) is 3.28. The molecule has 2 aromatic rings. The van der Waals surface area contributed by atoms with E-state index in [2.05, 4.69) is 22.8 Å². The van der Waals surface area contributed by atoms with E-state index in [1.165, 1.54) is 4.88 Å². The molecule has 3 nitrogen and oxygen atoms in total. The van der Waals surface area contributed by atoms with Crippen molar-refractivity contribution in [2.75, 3.05) is 26.2 Å². The second-order valence-electron chi connectivity index (χ2n) is 5.91. The average molecular weight is 298 g/mol. The van der Waals surface area contributed by atoms with Crippen LogP contribution in [0, 0.1) is 11.8 Å². The van der Waals surface area contributed by atoms with Crippen molar-refractivity contribution >= 4 is 17.2 Å². The quantitative estimate of drug-likeness (QED) is 0.924. The fraction of sp³-hybridized carbons (Fsp3) is 0.353. The third-order valence-electron chi connectivity index (χ3n) is 4.62. The average Bonchev–Trinajstić information content (AvgIpc) is 3.22. The van der Waals surface area contributed by atoms with E-state index in [1.807, 2.05) is 29.2 Å². The van der Waals surface area contributed by atoms with Crippen LogP contribution < -0.4 is 5.32 Å². The van der Waals surface area contributed by atoms with Crippen LogP contribution in [0.25, 0.3) is 10.4 Å². The third-order valence-corrected chi connectivity index (χ3v) is 5.52. The van der Waals surface area contributed by atoms with Gasteiger partial charge in [0.2, 0.25) is 0 Å². The van der Waals surface area contributed by atoms with E-state index in [4.69, 9.17) is 0 Å². The number of likely N-dealkylation sites (tertiary alicyclic amines) is 1. The summed E-state index contributed by atoms with van der Waals surface area (Å²) in [6, 6.07) is 12.1. The SMILES string of the molecule is O=C(c1ccccc1-c1cccs1)N1CC2CNCC2C1. The second-order valence-corrected chi connectivity index (χ2v) is 6.86. The maximum absolute atomic E-state index is 12.9. The zero-order valence-corrected chi connectivity index (χ0v) is 12.6. The van der Waals surface area contributed by atoms with E-state index in [1.54, 1.807) is 11.3 Å². The van der Waals surface area contributed by atoms with Gasteiger partial charge in [-0.15, -0.1) is 11.3 Å². The van der Waals surface area contributed by atoms with Crippen molar-refractivity contribution in [1.29, 1.82) is 0 Å². The molecule has 108 valence electrons. The van der Waals surface area contributed by atoms with Crippen molar-refractivity contribution in [2.45, 2.75) is 0 Å². The number of amides is 1. The standard InChI is InChI=1S/C17H18N2OS/c20-17(19-10-12-8-18-9-13(12)11-19)15-5-2-1-4-14(15)16-6-3-7-21-16/h1-7,12-13,18H,8-11H2. The minimum absolute atomic E-state index is 0.188. The Bertz CT molecular complexity index is 641. The first-order valence-electron chi connectivity index (χ1n) is 7.46. The molecule has 0 spiro atoms. The molecule has 1 aromatic carbocycles. The molecule has 1 aromatic heterocycles. The highest BCUT2D eigenvalue weighted by Gasteiger charge is 2.38. The van der Waals surface area contributed by atoms with Gasteiger partial charge in [-0.3, -0.25) is 4.79 Å². The van der Waals surface area contributed by atoms with Gasteiger partial charge in [0.05, 0.1) is 0 Å². The van der Waals surface area contributed by atoms with Crippen LogP contribution in [-0.2, 0) is 0 Å². The first-order chi connectivity index (χ1) is 10.3. The maximum atomic E-state index is 12.9. The van der Waals surface area contributed by atoms with Gasteiger partial charge < -0.3 is 10.2 Å². The monoisotopic (exact) mass is 298 g/mol. The normalized spacial score (nSPS) is 24.3. The molecule has 0 aliphatic carbocycles.